The van der Waals surface area contributed by atoms with Crippen LogP contribution in [-0.4, -0.2) is 46.9 Å². The Morgan fingerprint density at radius 2 is 1.81 bits per heavy atom. The molecule has 26 heavy (non-hydrogen) atoms. The number of aliphatic hydroxyl groups excluding tert-OH is 1. The van der Waals surface area contributed by atoms with Gasteiger partial charge in [0.15, 0.2) is 0 Å². The SMILES string of the molecule is CC(C)C[C@@H](NC(=O)C[C@@H](O)CNC(=O)OCc1ccccc1)C(=O)O. The topological polar surface area (TPSA) is 125 Å². The summed E-state index contributed by atoms with van der Waals surface area (Å²) in [5.74, 6) is -1.61. The molecule has 0 fully saturated rings. The molecule has 0 aliphatic carbocycles. The number of aliphatic hydroxyl groups is 1. The average molecular weight is 366 g/mol. The predicted molar refractivity (Wildman–Crippen MR) is 94.3 cm³/mol. The number of carboxylic acid groups (broad SMARTS) is 1. The van der Waals surface area contributed by atoms with E-state index in [-0.39, 0.29) is 25.5 Å². The molecule has 8 heteroatoms. The van der Waals surface area contributed by atoms with E-state index in [0.29, 0.717) is 6.42 Å². The summed E-state index contributed by atoms with van der Waals surface area (Å²) in [7, 11) is 0. The minimum absolute atomic E-state index is 0.0960. The van der Waals surface area contributed by atoms with E-state index >= 15 is 0 Å². The highest BCUT2D eigenvalue weighted by Crippen LogP contribution is 2.06. The second-order valence-electron chi connectivity index (χ2n) is 6.39. The van der Waals surface area contributed by atoms with E-state index in [9.17, 15) is 19.5 Å². The average Bonchev–Trinajstić information content (AvgIpc) is 2.58. The van der Waals surface area contributed by atoms with Crippen molar-refractivity contribution in [1.29, 1.82) is 0 Å². The minimum Gasteiger partial charge on any atom is -0.480 e. The van der Waals surface area contributed by atoms with Crippen molar-refractivity contribution in [3.8, 4) is 0 Å². The monoisotopic (exact) mass is 366 g/mol. The molecular formula is C18H26N2O6. The van der Waals surface area contributed by atoms with Crippen LogP contribution in [0.25, 0.3) is 0 Å². The van der Waals surface area contributed by atoms with Crippen LogP contribution >= 0.6 is 0 Å². The van der Waals surface area contributed by atoms with Crippen molar-refractivity contribution in [3.63, 3.8) is 0 Å². The molecular weight excluding hydrogens is 340 g/mol. The van der Waals surface area contributed by atoms with Crippen LogP contribution in [0.4, 0.5) is 4.79 Å². The quantitative estimate of drug-likeness (QED) is 0.494. The van der Waals surface area contributed by atoms with Crippen molar-refractivity contribution < 1.29 is 29.3 Å². The van der Waals surface area contributed by atoms with Crippen LogP contribution in [0, 0.1) is 5.92 Å². The van der Waals surface area contributed by atoms with E-state index in [1.165, 1.54) is 0 Å². The Morgan fingerprint density at radius 3 is 2.38 bits per heavy atom. The van der Waals surface area contributed by atoms with Gasteiger partial charge in [0.2, 0.25) is 5.91 Å². The first-order valence-electron chi connectivity index (χ1n) is 8.42. The molecule has 0 saturated heterocycles. The van der Waals surface area contributed by atoms with E-state index in [0.717, 1.165) is 5.56 Å². The fraction of sp³-hybridized carbons (Fsp3) is 0.500. The van der Waals surface area contributed by atoms with Gasteiger partial charge in [0.05, 0.1) is 12.5 Å². The Morgan fingerprint density at radius 1 is 1.15 bits per heavy atom. The van der Waals surface area contributed by atoms with Gasteiger partial charge in [-0.15, -0.1) is 0 Å². The number of hydrogen-bond acceptors (Lipinski definition) is 5. The first-order valence-corrected chi connectivity index (χ1v) is 8.42. The number of hydrogen-bond donors (Lipinski definition) is 4. The van der Waals surface area contributed by atoms with Gasteiger partial charge in [0.1, 0.15) is 12.6 Å². The lowest BCUT2D eigenvalue weighted by Crippen LogP contribution is -2.44. The van der Waals surface area contributed by atoms with Crippen LogP contribution < -0.4 is 10.6 Å². The zero-order chi connectivity index (χ0) is 19.5. The van der Waals surface area contributed by atoms with Gasteiger partial charge in [-0.2, -0.15) is 0 Å². The van der Waals surface area contributed by atoms with Crippen molar-refractivity contribution in [1.82, 2.24) is 10.6 Å². The number of aliphatic carboxylic acids is 1. The van der Waals surface area contributed by atoms with Gasteiger partial charge in [-0.1, -0.05) is 44.2 Å². The molecule has 8 nitrogen and oxygen atoms in total. The first kappa shape index (κ1) is 21.4. The number of carboxylic acids is 1. The summed E-state index contributed by atoms with van der Waals surface area (Å²) in [5.41, 5.74) is 0.826. The molecule has 0 aromatic heterocycles. The fourth-order valence-electron chi connectivity index (χ4n) is 2.21. The van der Waals surface area contributed by atoms with E-state index < -0.39 is 30.1 Å². The minimum atomic E-state index is -1.15. The van der Waals surface area contributed by atoms with Crippen LogP contribution in [0.1, 0.15) is 32.3 Å². The molecule has 0 heterocycles. The van der Waals surface area contributed by atoms with Gasteiger partial charge in [0, 0.05) is 6.54 Å². The van der Waals surface area contributed by atoms with Crippen LogP contribution in [0.3, 0.4) is 0 Å². The Balaban J connectivity index is 2.29. The first-order chi connectivity index (χ1) is 12.3. The summed E-state index contributed by atoms with van der Waals surface area (Å²) in [6.45, 7) is 3.62. The molecule has 2 amide bonds. The highest BCUT2D eigenvalue weighted by atomic mass is 16.5. The third-order valence-electron chi connectivity index (χ3n) is 3.46. The zero-order valence-electron chi connectivity index (χ0n) is 15.0. The second-order valence-corrected chi connectivity index (χ2v) is 6.39. The van der Waals surface area contributed by atoms with E-state index in [2.05, 4.69) is 10.6 Å². The number of nitrogens with one attached hydrogen (secondary N) is 2. The molecule has 0 bridgehead atoms. The van der Waals surface area contributed by atoms with Crippen molar-refractivity contribution in [2.45, 2.75) is 45.4 Å². The van der Waals surface area contributed by atoms with Crippen LogP contribution in [0.2, 0.25) is 0 Å². The molecule has 0 radical (unpaired) electrons. The van der Waals surface area contributed by atoms with Gasteiger partial charge in [-0.25, -0.2) is 9.59 Å². The number of alkyl carbamates (subject to hydrolysis) is 1. The summed E-state index contributed by atoms with van der Waals surface area (Å²) >= 11 is 0. The zero-order valence-corrected chi connectivity index (χ0v) is 15.0. The van der Waals surface area contributed by atoms with E-state index in [1.807, 2.05) is 44.2 Å². The molecule has 0 saturated carbocycles. The Bertz CT molecular complexity index is 591. The summed E-state index contributed by atoms with van der Waals surface area (Å²) in [6, 6.07) is 8.11. The van der Waals surface area contributed by atoms with Gasteiger partial charge >= 0.3 is 12.1 Å². The predicted octanol–water partition coefficient (Wildman–Crippen LogP) is 1.28. The van der Waals surface area contributed by atoms with Crippen LogP contribution in [-0.2, 0) is 20.9 Å². The summed E-state index contributed by atoms with van der Waals surface area (Å²) in [5, 5.41) is 23.6. The normalized spacial score (nSPS) is 12.9. The maximum atomic E-state index is 11.8. The molecule has 0 aliphatic rings. The lowest BCUT2D eigenvalue weighted by molar-refractivity contribution is -0.142. The van der Waals surface area contributed by atoms with Gasteiger partial charge in [-0.3, -0.25) is 4.79 Å². The van der Waals surface area contributed by atoms with Gasteiger partial charge < -0.3 is 25.6 Å². The molecule has 4 N–H and O–H groups in total. The molecule has 0 unspecified atom stereocenters. The number of carbonyl (C=O) groups is 3. The largest absolute Gasteiger partial charge is 0.480 e. The molecule has 1 rings (SSSR count). The number of benzene rings is 1. The molecule has 2 atom stereocenters. The molecule has 1 aromatic carbocycles. The van der Waals surface area contributed by atoms with Crippen molar-refractivity contribution in [2.24, 2.45) is 5.92 Å². The van der Waals surface area contributed by atoms with Crippen LogP contribution in [0.15, 0.2) is 30.3 Å². The number of rotatable bonds is 10. The van der Waals surface area contributed by atoms with Gasteiger partial charge in [0.25, 0.3) is 0 Å². The molecule has 0 aliphatic heterocycles. The summed E-state index contributed by atoms with van der Waals surface area (Å²) in [6.07, 6.45) is -1.88. The summed E-state index contributed by atoms with van der Waals surface area (Å²) < 4.78 is 4.98. The second kappa shape index (κ2) is 11.1. The van der Waals surface area contributed by atoms with E-state index in [4.69, 9.17) is 9.84 Å². The Labute approximate surface area is 152 Å². The highest BCUT2D eigenvalue weighted by Gasteiger charge is 2.22. The lowest BCUT2D eigenvalue weighted by Gasteiger charge is -2.18. The van der Waals surface area contributed by atoms with Crippen molar-refractivity contribution >= 4 is 18.0 Å². The fourth-order valence-corrected chi connectivity index (χ4v) is 2.21. The number of carbonyl (C=O) groups excluding carboxylic acids is 2. The van der Waals surface area contributed by atoms with Gasteiger partial charge in [-0.05, 0) is 17.9 Å². The smallest absolute Gasteiger partial charge is 0.407 e. The molecule has 144 valence electrons. The number of amides is 2. The number of ether oxygens (including phenoxy) is 1. The Hall–Kier alpha value is -2.61. The van der Waals surface area contributed by atoms with Crippen LogP contribution in [0.5, 0.6) is 0 Å². The highest BCUT2D eigenvalue weighted by molar-refractivity contribution is 5.83. The molecule has 1 aromatic rings. The van der Waals surface area contributed by atoms with E-state index in [1.54, 1.807) is 0 Å². The van der Waals surface area contributed by atoms with Crippen molar-refractivity contribution in [3.05, 3.63) is 35.9 Å². The maximum absolute atomic E-state index is 11.8. The molecule has 0 spiro atoms. The third-order valence-corrected chi connectivity index (χ3v) is 3.46. The van der Waals surface area contributed by atoms with Crippen molar-refractivity contribution in [2.75, 3.05) is 6.54 Å². The Kier molecular flexibility index (Phi) is 9.14. The lowest BCUT2D eigenvalue weighted by atomic mass is 10.0. The maximum Gasteiger partial charge on any atom is 0.407 e. The standard InChI is InChI=1S/C18H26N2O6/c1-12(2)8-15(17(23)24)20-16(22)9-14(21)10-19-18(25)26-11-13-6-4-3-5-7-13/h3-7,12,14-15,21H,8-11H2,1-2H3,(H,19,25)(H,20,22)(H,23,24)/t14-,15-/m1/s1. The third kappa shape index (κ3) is 9.03. The summed E-state index contributed by atoms with van der Waals surface area (Å²) in [4.78, 5) is 34.5.